The summed E-state index contributed by atoms with van der Waals surface area (Å²) < 4.78 is 40.9. The zero-order valence-electron chi connectivity index (χ0n) is 16.7. The van der Waals surface area contributed by atoms with Crippen molar-refractivity contribution in [3.05, 3.63) is 90.3 Å². The lowest BCUT2D eigenvalue weighted by Crippen LogP contribution is -2.16. The molecule has 1 aliphatic rings. The van der Waals surface area contributed by atoms with Crippen LogP contribution in [-0.4, -0.2) is 22.0 Å². The second kappa shape index (κ2) is 7.96. The maximum absolute atomic E-state index is 12.3. The van der Waals surface area contributed by atoms with Gasteiger partial charge in [-0.25, -0.2) is 0 Å². The zero-order chi connectivity index (χ0) is 22.1. The fourth-order valence-electron chi connectivity index (χ4n) is 3.72. The van der Waals surface area contributed by atoms with Crippen molar-refractivity contribution >= 4 is 16.7 Å². The van der Waals surface area contributed by atoms with Crippen LogP contribution in [0.5, 0.6) is 5.75 Å². The molecule has 0 spiro atoms. The van der Waals surface area contributed by atoms with Crippen LogP contribution in [0.15, 0.2) is 84.2 Å². The Balaban J connectivity index is 1.28. The Kier molecular flexibility index (Phi) is 4.97. The van der Waals surface area contributed by atoms with E-state index in [9.17, 15) is 13.2 Å². The zero-order valence-corrected chi connectivity index (χ0v) is 16.7. The van der Waals surface area contributed by atoms with Gasteiger partial charge in [0.1, 0.15) is 5.75 Å². The number of hydrogen-bond acceptors (Lipinski definition) is 5. The van der Waals surface area contributed by atoms with Crippen molar-refractivity contribution in [2.24, 2.45) is 5.10 Å². The summed E-state index contributed by atoms with van der Waals surface area (Å²) in [4.78, 5) is 8.66. The third-order valence-electron chi connectivity index (χ3n) is 5.29. The lowest BCUT2D eigenvalue weighted by Gasteiger charge is -2.11. The van der Waals surface area contributed by atoms with Gasteiger partial charge in [-0.2, -0.15) is 5.10 Å². The van der Waals surface area contributed by atoms with Crippen molar-refractivity contribution in [1.29, 1.82) is 0 Å². The number of fused-ring (bicyclic) bond motifs is 1. The molecule has 1 N–H and O–H groups in total. The molecular weight excluding hydrogens is 417 g/mol. The molecule has 8 heteroatoms. The minimum Gasteiger partial charge on any atom is -0.406 e. The van der Waals surface area contributed by atoms with Gasteiger partial charge >= 0.3 is 6.36 Å². The molecule has 1 unspecified atom stereocenters. The smallest absolute Gasteiger partial charge is 0.406 e. The number of halogens is 3. The normalized spacial score (nSPS) is 16.0. The second-order valence-corrected chi connectivity index (χ2v) is 7.40. The number of benzene rings is 3. The number of nitrogens with zero attached hydrogens (tertiary/aromatic N) is 3. The van der Waals surface area contributed by atoms with E-state index in [0.717, 1.165) is 45.4 Å². The molecule has 5 rings (SSSR count). The minimum absolute atomic E-state index is 0.0530. The summed E-state index contributed by atoms with van der Waals surface area (Å²) in [5.74, 6) is -0.241. The molecule has 5 nitrogen and oxygen atoms in total. The summed E-state index contributed by atoms with van der Waals surface area (Å²) in [7, 11) is 0. The molecule has 1 aliphatic heterocycles. The van der Waals surface area contributed by atoms with Crippen molar-refractivity contribution in [3.63, 3.8) is 0 Å². The van der Waals surface area contributed by atoms with Crippen LogP contribution < -0.4 is 10.2 Å². The average molecular weight is 434 g/mol. The molecule has 0 radical (unpaired) electrons. The van der Waals surface area contributed by atoms with Crippen LogP contribution in [0.2, 0.25) is 0 Å². The summed E-state index contributed by atoms with van der Waals surface area (Å²) in [6.45, 7) is 0. The second-order valence-electron chi connectivity index (χ2n) is 7.40. The standard InChI is InChI=1S/C24H17F3N4O/c25-24(26,27)32-19-8-5-16(6-9-19)15-1-3-17(4-2-15)21-14-22(31-30-21)18-7-10-20-23(13-18)29-12-11-28-20/h1-13,22,31H,14H2. The molecule has 1 atom stereocenters. The van der Waals surface area contributed by atoms with Crippen LogP contribution in [0.4, 0.5) is 13.2 Å². The first-order chi connectivity index (χ1) is 15.4. The fraction of sp³-hybridized carbons (Fsp3) is 0.125. The van der Waals surface area contributed by atoms with E-state index >= 15 is 0 Å². The van der Waals surface area contributed by atoms with Crippen LogP contribution in [0.1, 0.15) is 23.6 Å². The SMILES string of the molecule is FC(F)(F)Oc1ccc(-c2ccc(C3=NNC(c4ccc5nccnc5c4)C3)cc2)cc1. The van der Waals surface area contributed by atoms with E-state index in [1.54, 1.807) is 24.5 Å². The number of rotatable bonds is 4. The molecule has 1 aromatic heterocycles. The number of hydrazone groups is 1. The van der Waals surface area contributed by atoms with Gasteiger partial charge in [-0.1, -0.05) is 42.5 Å². The quantitative estimate of drug-likeness (QED) is 0.452. The van der Waals surface area contributed by atoms with Crippen molar-refractivity contribution in [2.45, 2.75) is 18.8 Å². The highest BCUT2D eigenvalue weighted by Gasteiger charge is 2.31. The van der Waals surface area contributed by atoms with E-state index in [-0.39, 0.29) is 11.8 Å². The van der Waals surface area contributed by atoms with Gasteiger partial charge < -0.3 is 10.2 Å². The lowest BCUT2D eigenvalue weighted by molar-refractivity contribution is -0.274. The van der Waals surface area contributed by atoms with Gasteiger partial charge in [0.25, 0.3) is 0 Å². The topological polar surface area (TPSA) is 59.4 Å². The highest BCUT2D eigenvalue weighted by Crippen LogP contribution is 2.29. The monoisotopic (exact) mass is 434 g/mol. The van der Waals surface area contributed by atoms with Gasteiger partial charge in [-0.3, -0.25) is 9.97 Å². The molecule has 0 saturated carbocycles. The molecule has 0 aliphatic carbocycles. The van der Waals surface area contributed by atoms with Crippen molar-refractivity contribution in [3.8, 4) is 16.9 Å². The minimum atomic E-state index is -4.70. The van der Waals surface area contributed by atoms with E-state index in [2.05, 4.69) is 25.2 Å². The van der Waals surface area contributed by atoms with Crippen LogP contribution in [0.25, 0.3) is 22.2 Å². The summed E-state index contributed by atoms with van der Waals surface area (Å²) in [6, 6.07) is 19.7. The Morgan fingerprint density at radius 3 is 2.09 bits per heavy atom. The van der Waals surface area contributed by atoms with E-state index in [1.807, 2.05) is 42.5 Å². The van der Waals surface area contributed by atoms with Crippen LogP contribution in [0, 0.1) is 0 Å². The van der Waals surface area contributed by atoms with Crippen molar-refractivity contribution in [2.75, 3.05) is 0 Å². The molecule has 160 valence electrons. The maximum atomic E-state index is 12.3. The Bertz CT molecular complexity index is 1290. The molecule has 32 heavy (non-hydrogen) atoms. The van der Waals surface area contributed by atoms with Crippen LogP contribution in [-0.2, 0) is 0 Å². The van der Waals surface area contributed by atoms with E-state index in [1.165, 1.54) is 12.1 Å². The number of nitrogens with one attached hydrogen (secondary N) is 1. The number of hydrogen-bond donors (Lipinski definition) is 1. The molecule has 2 heterocycles. The van der Waals surface area contributed by atoms with E-state index < -0.39 is 6.36 Å². The molecular formula is C24H17F3N4O. The summed E-state index contributed by atoms with van der Waals surface area (Å²) in [5, 5.41) is 4.50. The molecule has 0 saturated heterocycles. The summed E-state index contributed by atoms with van der Waals surface area (Å²) in [6.07, 6.45) is -0.619. The van der Waals surface area contributed by atoms with Crippen molar-refractivity contribution in [1.82, 2.24) is 15.4 Å². The third kappa shape index (κ3) is 4.25. The highest BCUT2D eigenvalue weighted by molar-refractivity contribution is 6.02. The first-order valence-electron chi connectivity index (χ1n) is 9.94. The summed E-state index contributed by atoms with van der Waals surface area (Å²) >= 11 is 0. The number of aromatic nitrogens is 2. The van der Waals surface area contributed by atoms with Gasteiger partial charge in [0.05, 0.1) is 22.8 Å². The number of alkyl halides is 3. The van der Waals surface area contributed by atoms with Crippen LogP contribution >= 0.6 is 0 Å². The molecule has 0 bridgehead atoms. The van der Waals surface area contributed by atoms with Gasteiger partial charge in [-0.15, -0.1) is 13.2 Å². The third-order valence-corrected chi connectivity index (χ3v) is 5.29. The number of ether oxygens (including phenoxy) is 1. The fourth-order valence-corrected chi connectivity index (χ4v) is 3.72. The molecule has 0 fully saturated rings. The van der Waals surface area contributed by atoms with Gasteiger partial charge in [0.2, 0.25) is 0 Å². The van der Waals surface area contributed by atoms with E-state index in [4.69, 9.17) is 0 Å². The van der Waals surface area contributed by atoms with Gasteiger partial charge in [-0.05, 0) is 46.5 Å². The predicted molar refractivity (Wildman–Crippen MR) is 115 cm³/mol. The summed E-state index contributed by atoms with van der Waals surface area (Å²) in [5.41, 5.74) is 9.60. The van der Waals surface area contributed by atoms with E-state index in [0.29, 0.717) is 0 Å². The van der Waals surface area contributed by atoms with Crippen molar-refractivity contribution < 1.29 is 17.9 Å². The Labute approximate surface area is 181 Å². The maximum Gasteiger partial charge on any atom is 0.573 e. The average Bonchev–Trinajstić information content (AvgIpc) is 3.29. The Hall–Kier alpha value is -3.94. The highest BCUT2D eigenvalue weighted by atomic mass is 19.4. The molecule has 3 aromatic carbocycles. The first-order valence-corrected chi connectivity index (χ1v) is 9.94. The van der Waals surface area contributed by atoms with Gasteiger partial charge in [0.15, 0.2) is 0 Å². The largest absolute Gasteiger partial charge is 0.573 e. The first kappa shape index (κ1) is 20.0. The lowest BCUT2D eigenvalue weighted by atomic mass is 9.97. The molecule has 4 aromatic rings. The van der Waals surface area contributed by atoms with Gasteiger partial charge in [0, 0.05) is 18.8 Å². The predicted octanol–water partition coefficient (Wildman–Crippen LogP) is 5.63. The van der Waals surface area contributed by atoms with Crippen LogP contribution in [0.3, 0.4) is 0 Å². The molecule has 0 amide bonds. The Morgan fingerprint density at radius 1 is 0.781 bits per heavy atom. The Morgan fingerprint density at radius 2 is 1.41 bits per heavy atom.